The average Bonchev–Trinajstić information content (AvgIpc) is 2.71. The lowest BCUT2D eigenvalue weighted by Gasteiger charge is -2.14. The quantitative estimate of drug-likeness (QED) is 0.587. The third kappa shape index (κ3) is 5.80. The fourth-order valence-electron chi connectivity index (χ4n) is 2.54. The van der Waals surface area contributed by atoms with E-state index in [0.717, 1.165) is 5.56 Å². The van der Waals surface area contributed by atoms with E-state index in [9.17, 15) is 5.11 Å². The lowest BCUT2D eigenvalue weighted by atomic mass is 10.1. The van der Waals surface area contributed by atoms with E-state index < -0.39 is 0 Å². The molecule has 0 amide bonds. The molecule has 0 bridgehead atoms. The molecular formula is C21H26O7. The first-order valence-corrected chi connectivity index (χ1v) is 8.60. The van der Waals surface area contributed by atoms with E-state index in [1.807, 2.05) is 30.4 Å². The summed E-state index contributed by atoms with van der Waals surface area (Å²) in [6.45, 7) is 0.126. The van der Waals surface area contributed by atoms with Gasteiger partial charge in [0.15, 0.2) is 25.1 Å². The Balaban J connectivity index is 2.20. The first-order chi connectivity index (χ1) is 13.6. The molecule has 1 N–H and O–H groups in total. The molecule has 0 heterocycles. The average molecular weight is 390 g/mol. The highest BCUT2D eigenvalue weighted by atomic mass is 16.7. The molecule has 7 heteroatoms. The second-order valence-corrected chi connectivity index (χ2v) is 5.74. The molecule has 28 heavy (non-hydrogen) atoms. The molecule has 7 nitrogen and oxygen atoms in total. The number of hydrogen-bond donors (Lipinski definition) is 1. The minimum Gasteiger partial charge on any atom is -0.507 e. The van der Waals surface area contributed by atoms with Crippen LogP contribution in [-0.4, -0.2) is 47.1 Å². The molecule has 0 fully saturated rings. The molecule has 0 saturated heterocycles. The second kappa shape index (κ2) is 11.1. The second-order valence-electron chi connectivity index (χ2n) is 5.74. The number of hydrogen-bond acceptors (Lipinski definition) is 7. The van der Waals surface area contributed by atoms with Gasteiger partial charge in [-0.3, -0.25) is 0 Å². The van der Waals surface area contributed by atoms with Gasteiger partial charge >= 0.3 is 0 Å². The van der Waals surface area contributed by atoms with E-state index in [4.69, 9.17) is 28.4 Å². The van der Waals surface area contributed by atoms with Crippen molar-refractivity contribution in [2.75, 3.05) is 42.0 Å². The maximum absolute atomic E-state index is 10.4. The lowest BCUT2D eigenvalue weighted by Crippen LogP contribution is -2.04. The highest BCUT2D eigenvalue weighted by Gasteiger charge is 2.12. The molecule has 0 spiro atoms. The largest absolute Gasteiger partial charge is 0.507 e. The van der Waals surface area contributed by atoms with Crippen LogP contribution in [0.15, 0.2) is 36.4 Å². The van der Waals surface area contributed by atoms with Gasteiger partial charge in [-0.25, -0.2) is 0 Å². The molecule has 2 aromatic carbocycles. The maximum Gasteiger partial charge on any atom is 0.188 e. The standard InChI is InChI=1S/C21H26O7/c1-23-13-27-16-11-18(22)17(20(12-16)28-14-24-2)7-5-6-15-8-9-19(25-3)21(10-15)26-4/h5-6,8-12,22H,7,13-14H2,1-4H3. The van der Waals surface area contributed by atoms with Crippen molar-refractivity contribution < 1.29 is 33.5 Å². The molecule has 0 aromatic heterocycles. The van der Waals surface area contributed by atoms with Crippen molar-refractivity contribution in [3.8, 4) is 28.7 Å². The number of benzene rings is 2. The Morgan fingerprint density at radius 2 is 1.54 bits per heavy atom. The van der Waals surface area contributed by atoms with Crippen LogP contribution in [0.3, 0.4) is 0 Å². The van der Waals surface area contributed by atoms with Gasteiger partial charge in [-0.15, -0.1) is 0 Å². The van der Waals surface area contributed by atoms with Gasteiger partial charge in [-0.1, -0.05) is 18.2 Å². The molecule has 0 aliphatic carbocycles. The first-order valence-electron chi connectivity index (χ1n) is 8.60. The summed E-state index contributed by atoms with van der Waals surface area (Å²) in [5.74, 6) is 2.30. The number of phenolic OH excluding ortho intramolecular Hbond substituents is 1. The summed E-state index contributed by atoms with van der Waals surface area (Å²) < 4.78 is 31.4. The zero-order chi connectivity index (χ0) is 20.4. The first kappa shape index (κ1) is 21.4. The highest BCUT2D eigenvalue weighted by molar-refractivity contribution is 5.57. The van der Waals surface area contributed by atoms with Crippen LogP contribution < -0.4 is 18.9 Å². The van der Waals surface area contributed by atoms with Gasteiger partial charge in [0.25, 0.3) is 0 Å². The summed E-state index contributed by atoms with van der Waals surface area (Å²) in [5, 5.41) is 10.4. The van der Waals surface area contributed by atoms with Gasteiger partial charge in [0, 0.05) is 31.9 Å². The summed E-state index contributed by atoms with van der Waals surface area (Å²) in [5.41, 5.74) is 1.56. The molecule has 0 radical (unpaired) electrons. The van der Waals surface area contributed by atoms with Gasteiger partial charge in [0.2, 0.25) is 0 Å². The SMILES string of the molecule is COCOc1cc(O)c(CC=Cc2ccc(OC)c(OC)c2)c(OCOC)c1. The van der Waals surface area contributed by atoms with Crippen LogP contribution in [0.1, 0.15) is 11.1 Å². The smallest absolute Gasteiger partial charge is 0.188 e. The van der Waals surface area contributed by atoms with Gasteiger partial charge in [0.1, 0.15) is 17.2 Å². The molecule has 152 valence electrons. The number of rotatable bonds is 11. The Kier molecular flexibility index (Phi) is 8.45. The van der Waals surface area contributed by atoms with E-state index >= 15 is 0 Å². The van der Waals surface area contributed by atoms with E-state index in [0.29, 0.717) is 35.0 Å². The van der Waals surface area contributed by atoms with Crippen LogP contribution >= 0.6 is 0 Å². The lowest BCUT2D eigenvalue weighted by molar-refractivity contribution is 0.0453. The van der Waals surface area contributed by atoms with E-state index in [1.54, 1.807) is 20.3 Å². The van der Waals surface area contributed by atoms with Crippen LogP contribution in [-0.2, 0) is 15.9 Å². The number of methoxy groups -OCH3 is 4. The van der Waals surface area contributed by atoms with Crippen molar-refractivity contribution in [1.29, 1.82) is 0 Å². The van der Waals surface area contributed by atoms with Crippen LogP contribution in [0.5, 0.6) is 28.7 Å². The summed E-state index contributed by atoms with van der Waals surface area (Å²) >= 11 is 0. The molecule has 0 unspecified atom stereocenters. The molecule has 0 saturated carbocycles. The van der Waals surface area contributed by atoms with Crippen molar-refractivity contribution in [2.24, 2.45) is 0 Å². The Hall–Kier alpha value is -2.90. The third-order valence-corrected chi connectivity index (χ3v) is 3.87. The van der Waals surface area contributed by atoms with Crippen molar-refractivity contribution in [2.45, 2.75) is 6.42 Å². The Morgan fingerprint density at radius 3 is 2.21 bits per heavy atom. The van der Waals surface area contributed by atoms with Crippen LogP contribution in [0.4, 0.5) is 0 Å². The minimum atomic E-state index is 0.0551. The van der Waals surface area contributed by atoms with Crippen LogP contribution in [0.25, 0.3) is 6.08 Å². The fraction of sp³-hybridized carbons (Fsp3) is 0.333. The molecule has 2 rings (SSSR count). The van der Waals surface area contributed by atoms with E-state index in [-0.39, 0.29) is 19.3 Å². The van der Waals surface area contributed by atoms with Gasteiger partial charge in [-0.05, 0) is 24.1 Å². The number of ether oxygens (including phenoxy) is 6. The minimum absolute atomic E-state index is 0.0551. The Bertz CT molecular complexity index is 787. The number of phenols is 1. The predicted molar refractivity (Wildman–Crippen MR) is 105 cm³/mol. The molecule has 2 aromatic rings. The van der Waals surface area contributed by atoms with Crippen molar-refractivity contribution in [3.05, 3.63) is 47.5 Å². The molecule has 0 atom stereocenters. The number of aromatic hydroxyl groups is 1. The van der Waals surface area contributed by atoms with Gasteiger partial charge < -0.3 is 33.5 Å². The van der Waals surface area contributed by atoms with Crippen LogP contribution in [0.2, 0.25) is 0 Å². The molecule has 0 aliphatic rings. The highest BCUT2D eigenvalue weighted by Crippen LogP contribution is 2.34. The van der Waals surface area contributed by atoms with Crippen molar-refractivity contribution in [3.63, 3.8) is 0 Å². The topological polar surface area (TPSA) is 75.6 Å². The maximum atomic E-state index is 10.4. The Labute approximate surface area is 165 Å². The van der Waals surface area contributed by atoms with Crippen molar-refractivity contribution in [1.82, 2.24) is 0 Å². The fourth-order valence-corrected chi connectivity index (χ4v) is 2.54. The van der Waals surface area contributed by atoms with E-state index in [1.165, 1.54) is 20.3 Å². The van der Waals surface area contributed by atoms with Crippen LogP contribution in [0, 0.1) is 0 Å². The summed E-state index contributed by atoms with van der Waals surface area (Å²) in [6.07, 6.45) is 4.30. The zero-order valence-electron chi connectivity index (χ0n) is 16.6. The predicted octanol–water partition coefficient (Wildman–Crippen LogP) is 3.63. The van der Waals surface area contributed by atoms with E-state index in [2.05, 4.69) is 0 Å². The summed E-state index contributed by atoms with van der Waals surface area (Å²) in [7, 11) is 6.24. The summed E-state index contributed by atoms with van der Waals surface area (Å²) in [6, 6.07) is 8.85. The third-order valence-electron chi connectivity index (χ3n) is 3.87. The van der Waals surface area contributed by atoms with Gasteiger partial charge in [-0.2, -0.15) is 0 Å². The molecule has 0 aliphatic heterocycles. The molecular weight excluding hydrogens is 364 g/mol. The van der Waals surface area contributed by atoms with Crippen molar-refractivity contribution >= 4 is 6.08 Å². The summed E-state index contributed by atoms with van der Waals surface area (Å²) in [4.78, 5) is 0. The zero-order valence-corrected chi connectivity index (χ0v) is 16.6. The Morgan fingerprint density at radius 1 is 0.821 bits per heavy atom. The normalized spacial score (nSPS) is 10.9. The number of allylic oxidation sites excluding steroid dienone is 1. The monoisotopic (exact) mass is 390 g/mol. The van der Waals surface area contributed by atoms with Gasteiger partial charge in [0.05, 0.1) is 14.2 Å².